The minimum atomic E-state index is -0.430. The fourth-order valence-corrected chi connectivity index (χ4v) is 0.610. The maximum atomic E-state index is 10.9. The van der Waals surface area contributed by atoms with Gasteiger partial charge in [0.15, 0.2) is 5.69 Å². The van der Waals surface area contributed by atoms with E-state index in [-0.39, 0.29) is 18.1 Å². The fourth-order valence-electron chi connectivity index (χ4n) is 0.610. The van der Waals surface area contributed by atoms with Crippen LogP contribution in [0.3, 0.4) is 0 Å². The zero-order valence-corrected chi connectivity index (χ0v) is 7.37. The molecule has 0 atom stereocenters. The number of rotatable bonds is 2. The van der Waals surface area contributed by atoms with E-state index in [1.54, 1.807) is 6.92 Å². The van der Waals surface area contributed by atoms with E-state index in [0.717, 1.165) is 0 Å². The Hall–Kier alpha value is -1.16. The fraction of sp³-hybridized carbons (Fsp3) is 0.286. The molecule has 0 radical (unpaired) electrons. The number of nitrogens with zero attached hydrogens (tertiary/aromatic N) is 2. The van der Waals surface area contributed by atoms with Crippen molar-refractivity contribution in [3.63, 3.8) is 0 Å². The summed E-state index contributed by atoms with van der Waals surface area (Å²) in [6.07, 6.45) is 4.33. The van der Waals surface area contributed by atoms with Crippen molar-refractivity contribution < 1.29 is 9.53 Å². The van der Waals surface area contributed by atoms with E-state index in [1.807, 2.05) is 0 Å². The average Bonchev–Trinajstić information content (AvgIpc) is 2.07. The minimum Gasteiger partial charge on any atom is -0.461 e. The third-order valence-electron chi connectivity index (χ3n) is 1.05. The number of carbonyl (C=O) groups is 1. The molecular weight excluding hydrogens is 180 g/mol. The van der Waals surface area contributed by atoms with Crippen molar-refractivity contribution in [3.8, 4) is 0 Å². The molecule has 0 unspecified atom stereocenters. The second-order valence-corrected chi connectivity index (χ2v) is 1.81. The Morgan fingerprint density at radius 2 is 2.33 bits per heavy atom. The third-order valence-corrected chi connectivity index (χ3v) is 1.05. The quantitative estimate of drug-likeness (QED) is 0.652. The van der Waals surface area contributed by atoms with Crippen molar-refractivity contribution in [3.05, 3.63) is 24.3 Å². The Kier molecular flexibility index (Phi) is 4.96. The molecule has 0 aliphatic heterocycles. The molecule has 1 rings (SSSR count). The number of ether oxygens (including phenoxy) is 1. The van der Waals surface area contributed by atoms with E-state index >= 15 is 0 Å². The highest BCUT2D eigenvalue weighted by atomic mass is 35.5. The molecule has 0 saturated carbocycles. The van der Waals surface area contributed by atoms with Gasteiger partial charge in [-0.2, -0.15) is 0 Å². The van der Waals surface area contributed by atoms with Crippen LogP contribution in [0.1, 0.15) is 17.4 Å². The normalized spacial score (nSPS) is 8.42. The van der Waals surface area contributed by atoms with Gasteiger partial charge in [0.2, 0.25) is 0 Å². The van der Waals surface area contributed by atoms with Gasteiger partial charge in [-0.1, -0.05) is 0 Å². The summed E-state index contributed by atoms with van der Waals surface area (Å²) >= 11 is 0. The lowest BCUT2D eigenvalue weighted by Gasteiger charge is -1.97. The van der Waals surface area contributed by atoms with Crippen molar-refractivity contribution in [1.82, 2.24) is 9.97 Å². The summed E-state index contributed by atoms with van der Waals surface area (Å²) in [5.74, 6) is -0.430. The van der Waals surface area contributed by atoms with Gasteiger partial charge in [-0.3, -0.25) is 4.98 Å². The molecule has 1 aromatic rings. The van der Waals surface area contributed by atoms with Gasteiger partial charge in [0.1, 0.15) is 0 Å². The molecule has 0 amide bonds. The van der Waals surface area contributed by atoms with Crippen molar-refractivity contribution in [2.75, 3.05) is 6.61 Å². The maximum absolute atomic E-state index is 10.9. The van der Waals surface area contributed by atoms with Crippen molar-refractivity contribution in [1.29, 1.82) is 0 Å². The van der Waals surface area contributed by atoms with E-state index in [1.165, 1.54) is 18.6 Å². The van der Waals surface area contributed by atoms with Crippen LogP contribution >= 0.6 is 12.4 Å². The number of hydrogen-bond donors (Lipinski definition) is 0. The number of aromatic nitrogens is 2. The summed E-state index contributed by atoms with van der Waals surface area (Å²) < 4.78 is 4.69. The highest BCUT2D eigenvalue weighted by Crippen LogP contribution is 1.92. The standard InChI is InChI=1S/C7H8N2O2.ClH/c1-2-11-7(10)6-5-8-3-4-9-6;/h3-5H,2H2,1H3;1H. The topological polar surface area (TPSA) is 52.1 Å². The van der Waals surface area contributed by atoms with E-state index in [2.05, 4.69) is 14.7 Å². The lowest BCUT2D eigenvalue weighted by molar-refractivity contribution is 0.0519. The largest absolute Gasteiger partial charge is 0.461 e. The minimum absolute atomic E-state index is 0. The van der Waals surface area contributed by atoms with Crippen LogP contribution < -0.4 is 0 Å². The molecule has 0 spiro atoms. The van der Waals surface area contributed by atoms with E-state index < -0.39 is 5.97 Å². The van der Waals surface area contributed by atoms with Crippen molar-refractivity contribution >= 4 is 18.4 Å². The molecule has 0 aliphatic carbocycles. The van der Waals surface area contributed by atoms with Crippen molar-refractivity contribution in [2.24, 2.45) is 0 Å². The second-order valence-electron chi connectivity index (χ2n) is 1.81. The van der Waals surface area contributed by atoms with Crippen LogP contribution in [0, 0.1) is 0 Å². The first kappa shape index (κ1) is 10.8. The average molecular weight is 189 g/mol. The molecule has 1 heterocycles. The Morgan fingerprint density at radius 1 is 1.58 bits per heavy atom. The van der Waals surface area contributed by atoms with Gasteiger partial charge in [0, 0.05) is 12.4 Å². The van der Waals surface area contributed by atoms with E-state index in [4.69, 9.17) is 0 Å². The van der Waals surface area contributed by atoms with Gasteiger partial charge in [-0.05, 0) is 6.92 Å². The van der Waals surface area contributed by atoms with Gasteiger partial charge in [0.25, 0.3) is 0 Å². The lowest BCUT2D eigenvalue weighted by Crippen LogP contribution is -2.06. The third kappa shape index (κ3) is 2.84. The zero-order valence-electron chi connectivity index (χ0n) is 6.56. The Labute approximate surface area is 76.4 Å². The summed E-state index contributed by atoms with van der Waals surface area (Å²) in [5, 5.41) is 0. The number of carbonyl (C=O) groups excluding carboxylic acids is 1. The smallest absolute Gasteiger partial charge is 0.358 e. The zero-order chi connectivity index (χ0) is 8.10. The predicted molar refractivity (Wildman–Crippen MR) is 45.2 cm³/mol. The number of halogens is 1. The Bertz CT molecular complexity index is 240. The lowest BCUT2D eigenvalue weighted by atomic mass is 10.5. The molecule has 0 aliphatic rings. The molecule has 0 fully saturated rings. The molecular formula is C7H9ClN2O2. The number of esters is 1. The molecule has 66 valence electrons. The van der Waals surface area contributed by atoms with Crippen LogP contribution in [0.2, 0.25) is 0 Å². The molecule has 0 aromatic carbocycles. The van der Waals surface area contributed by atoms with Crippen LogP contribution in [0.15, 0.2) is 18.6 Å². The van der Waals surface area contributed by atoms with Gasteiger partial charge in [-0.25, -0.2) is 9.78 Å². The summed E-state index contributed by atoms with van der Waals surface area (Å²) in [5.41, 5.74) is 0.245. The molecule has 1 aromatic heterocycles. The second kappa shape index (κ2) is 5.49. The molecule has 5 heteroatoms. The first-order chi connectivity index (χ1) is 5.34. The van der Waals surface area contributed by atoms with Gasteiger partial charge < -0.3 is 4.74 Å². The monoisotopic (exact) mass is 188 g/mol. The molecule has 0 saturated heterocycles. The van der Waals surface area contributed by atoms with E-state index in [0.29, 0.717) is 6.61 Å². The van der Waals surface area contributed by atoms with Crippen LogP contribution in [0.25, 0.3) is 0 Å². The first-order valence-electron chi connectivity index (χ1n) is 3.27. The molecule has 12 heavy (non-hydrogen) atoms. The first-order valence-corrected chi connectivity index (χ1v) is 3.27. The highest BCUT2D eigenvalue weighted by molar-refractivity contribution is 5.86. The van der Waals surface area contributed by atoms with Gasteiger partial charge >= 0.3 is 5.97 Å². The molecule has 0 N–H and O–H groups in total. The summed E-state index contributed by atoms with van der Waals surface area (Å²) in [7, 11) is 0. The van der Waals surface area contributed by atoms with Gasteiger partial charge in [0.05, 0.1) is 12.8 Å². The van der Waals surface area contributed by atoms with Crippen LogP contribution in [-0.4, -0.2) is 22.5 Å². The highest BCUT2D eigenvalue weighted by Gasteiger charge is 2.05. The summed E-state index contributed by atoms with van der Waals surface area (Å²) in [6, 6.07) is 0. The van der Waals surface area contributed by atoms with Crippen LogP contribution in [0.5, 0.6) is 0 Å². The predicted octanol–water partition coefficient (Wildman–Crippen LogP) is 1.08. The summed E-state index contributed by atoms with van der Waals surface area (Å²) in [4.78, 5) is 18.4. The maximum Gasteiger partial charge on any atom is 0.358 e. The Morgan fingerprint density at radius 3 is 2.83 bits per heavy atom. The van der Waals surface area contributed by atoms with Crippen LogP contribution in [-0.2, 0) is 4.74 Å². The Balaban J connectivity index is 0.00000121. The van der Waals surface area contributed by atoms with Crippen molar-refractivity contribution in [2.45, 2.75) is 6.92 Å². The van der Waals surface area contributed by atoms with Gasteiger partial charge in [-0.15, -0.1) is 12.4 Å². The summed E-state index contributed by atoms with van der Waals surface area (Å²) in [6.45, 7) is 2.10. The number of hydrogen-bond acceptors (Lipinski definition) is 4. The molecule has 0 bridgehead atoms. The van der Waals surface area contributed by atoms with Crippen LogP contribution in [0.4, 0.5) is 0 Å². The SMILES string of the molecule is CCOC(=O)c1cnccn1.Cl. The van der Waals surface area contributed by atoms with E-state index in [9.17, 15) is 4.79 Å². The molecule has 4 nitrogen and oxygen atoms in total.